The molecule has 6 nitrogen and oxygen atoms in total. The highest BCUT2D eigenvalue weighted by atomic mass is 16.7. The van der Waals surface area contributed by atoms with Gasteiger partial charge in [0.1, 0.15) is 6.10 Å². The third-order valence-corrected chi connectivity index (χ3v) is 2.12. The van der Waals surface area contributed by atoms with E-state index in [1.54, 1.807) is 0 Å². The maximum absolute atomic E-state index is 11.1. The van der Waals surface area contributed by atoms with Crippen molar-refractivity contribution < 1.29 is 29.2 Å². The molecule has 0 aromatic rings. The van der Waals surface area contributed by atoms with Gasteiger partial charge in [0.05, 0.1) is 13.2 Å². The first-order valence-electron chi connectivity index (χ1n) is 4.22. The smallest absolute Gasteiger partial charge is 0.335 e. The Bertz CT molecular complexity index is 206. The lowest BCUT2D eigenvalue weighted by Gasteiger charge is -2.34. The lowest BCUT2D eigenvalue weighted by Crippen LogP contribution is -2.51. The van der Waals surface area contributed by atoms with Crippen LogP contribution in [0, 0.1) is 0 Å². The van der Waals surface area contributed by atoms with E-state index in [4.69, 9.17) is 9.47 Å². The van der Waals surface area contributed by atoms with Gasteiger partial charge in [-0.1, -0.05) is 0 Å². The van der Waals surface area contributed by atoms with Crippen LogP contribution in [-0.2, 0) is 19.0 Å². The van der Waals surface area contributed by atoms with Gasteiger partial charge in [0, 0.05) is 13.5 Å². The Labute approximate surface area is 81.4 Å². The van der Waals surface area contributed by atoms with Crippen molar-refractivity contribution in [3.63, 3.8) is 0 Å². The van der Waals surface area contributed by atoms with Crippen LogP contribution in [0.1, 0.15) is 6.42 Å². The quantitative estimate of drug-likeness (QED) is 0.543. The molecule has 14 heavy (non-hydrogen) atoms. The summed E-state index contributed by atoms with van der Waals surface area (Å²) in [5.74, 6) is -0.585. The van der Waals surface area contributed by atoms with Crippen LogP contribution in [0.3, 0.4) is 0 Å². The number of carbonyl (C=O) groups excluding carboxylic acids is 1. The fourth-order valence-corrected chi connectivity index (χ4v) is 1.32. The van der Waals surface area contributed by atoms with Crippen molar-refractivity contribution in [2.24, 2.45) is 0 Å². The number of aliphatic hydroxyl groups is 2. The molecule has 0 amide bonds. The van der Waals surface area contributed by atoms with Crippen molar-refractivity contribution in [3.8, 4) is 0 Å². The molecule has 1 saturated heterocycles. The first-order chi connectivity index (χ1) is 6.60. The molecule has 1 heterocycles. The number of hydrogen-bond donors (Lipinski definition) is 2. The van der Waals surface area contributed by atoms with Gasteiger partial charge in [-0.2, -0.15) is 0 Å². The van der Waals surface area contributed by atoms with E-state index in [2.05, 4.69) is 4.74 Å². The zero-order valence-electron chi connectivity index (χ0n) is 8.04. The Hall–Kier alpha value is -0.690. The summed E-state index contributed by atoms with van der Waals surface area (Å²) < 4.78 is 14.3. The van der Waals surface area contributed by atoms with Crippen molar-refractivity contribution in [2.75, 3.05) is 14.2 Å². The van der Waals surface area contributed by atoms with Crippen molar-refractivity contribution >= 4 is 5.97 Å². The highest BCUT2D eigenvalue weighted by Gasteiger charge is 2.40. The summed E-state index contributed by atoms with van der Waals surface area (Å²) in [6.07, 6.45) is -4.06. The Morgan fingerprint density at radius 1 is 1.43 bits per heavy atom. The summed E-state index contributed by atoms with van der Waals surface area (Å²) in [6, 6.07) is 0. The molecule has 0 unspecified atom stereocenters. The summed E-state index contributed by atoms with van der Waals surface area (Å²) in [5, 5.41) is 18.7. The molecule has 0 spiro atoms. The van der Waals surface area contributed by atoms with Gasteiger partial charge in [0.2, 0.25) is 0 Å². The van der Waals surface area contributed by atoms with Crippen LogP contribution in [0.4, 0.5) is 0 Å². The van der Waals surface area contributed by atoms with Crippen LogP contribution < -0.4 is 0 Å². The standard InChI is InChI=1S/C8H14O6/c1-12-7(11)5-3-4(9)6(10)8(13-2)14-5/h4-6,8-10H,3H2,1-2H3/t4-,5+,6-,8-/m1/s1. The molecule has 82 valence electrons. The van der Waals surface area contributed by atoms with Crippen LogP contribution in [-0.4, -0.2) is 55.0 Å². The van der Waals surface area contributed by atoms with Gasteiger partial charge in [0.25, 0.3) is 0 Å². The Morgan fingerprint density at radius 3 is 2.57 bits per heavy atom. The van der Waals surface area contributed by atoms with E-state index >= 15 is 0 Å². The summed E-state index contributed by atoms with van der Waals surface area (Å²) in [7, 11) is 2.55. The molecule has 1 rings (SSSR count). The number of carbonyl (C=O) groups is 1. The molecule has 0 aromatic carbocycles. The lowest BCUT2D eigenvalue weighted by atomic mass is 10.0. The third-order valence-electron chi connectivity index (χ3n) is 2.12. The summed E-state index contributed by atoms with van der Waals surface area (Å²) in [6.45, 7) is 0. The van der Waals surface area contributed by atoms with Crippen molar-refractivity contribution in [3.05, 3.63) is 0 Å². The van der Waals surface area contributed by atoms with Crippen molar-refractivity contribution in [1.29, 1.82) is 0 Å². The normalized spacial score (nSPS) is 38.0. The predicted molar refractivity (Wildman–Crippen MR) is 44.3 cm³/mol. The molecule has 0 radical (unpaired) electrons. The highest BCUT2D eigenvalue weighted by Crippen LogP contribution is 2.21. The largest absolute Gasteiger partial charge is 0.467 e. The van der Waals surface area contributed by atoms with Crippen molar-refractivity contribution in [2.45, 2.75) is 31.0 Å². The fourth-order valence-electron chi connectivity index (χ4n) is 1.32. The molecular weight excluding hydrogens is 192 g/mol. The molecular formula is C8H14O6. The van der Waals surface area contributed by atoms with Gasteiger partial charge in [-0.15, -0.1) is 0 Å². The zero-order chi connectivity index (χ0) is 10.7. The van der Waals surface area contributed by atoms with Crippen LogP contribution in [0.25, 0.3) is 0 Å². The minimum absolute atomic E-state index is 0.00764. The average Bonchev–Trinajstić information content (AvgIpc) is 2.20. The van der Waals surface area contributed by atoms with Gasteiger partial charge >= 0.3 is 5.97 Å². The molecule has 2 N–H and O–H groups in total. The van der Waals surface area contributed by atoms with Crippen LogP contribution >= 0.6 is 0 Å². The van der Waals surface area contributed by atoms with Crippen LogP contribution in [0.2, 0.25) is 0 Å². The minimum Gasteiger partial charge on any atom is -0.467 e. The second kappa shape index (κ2) is 4.70. The predicted octanol–water partition coefficient (Wildman–Crippen LogP) is -1.36. The van der Waals surface area contributed by atoms with Crippen molar-refractivity contribution in [1.82, 2.24) is 0 Å². The van der Waals surface area contributed by atoms with E-state index in [0.717, 1.165) is 0 Å². The number of esters is 1. The van der Waals surface area contributed by atoms with Gasteiger partial charge in [-0.25, -0.2) is 4.79 Å². The molecule has 1 fully saturated rings. The van der Waals surface area contributed by atoms with Gasteiger partial charge in [-0.05, 0) is 0 Å². The van der Waals surface area contributed by atoms with E-state index in [0.29, 0.717) is 0 Å². The topological polar surface area (TPSA) is 85.2 Å². The Morgan fingerprint density at radius 2 is 2.07 bits per heavy atom. The third kappa shape index (κ3) is 2.21. The highest BCUT2D eigenvalue weighted by molar-refractivity contribution is 5.74. The van der Waals surface area contributed by atoms with E-state index < -0.39 is 30.6 Å². The second-order valence-corrected chi connectivity index (χ2v) is 3.05. The number of ether oxygens (including phenoxy) is 3. The van der Waals surface area contributed by atoms with E-state index in [1.807, 2.05) is 0 Å². The number of hydrogen-bond acceptors (Lipinski definition) is 6. The Balaban J connectivity index is 2.62. The maximum atomic E-state index is 11.1. The molecule has 0 bridgehead atoms. The lowest BCUT2D eigenvalue weighted by molar-refractivity contribution is -0.258. The SMILES string of the molecule is COC(=O)[C@@H]1C[C@@H](O)[C@@H](O)[C@H](OC)O1. The van der Waals surface area contributed by atoms with Crippen LogP contribution in [0.5, 0.6) is 0 Å². The molecule has 0 aliphatic carbocycles. The number of rotatable bonds is 2. The number of methoxy groups -OCH3 is 2. The van der Waals surface area contributed by atoms with Crippen LogP contribution in [0.15, 0.2) is 0 Å². The molecule has 1 aliphatic rings. The minimum atomic E-state index is -1.14. The Kier molecular flexibility index (Phi) is 3.82. The maximum Gasteiger partial charge on any atom is 0.335 e. The molecule has 0 saturated carbocycles. The average molecular weight is 206 g/mol. The molecule has 6 heteroatoms. The monoisotopic (exact) mass is 206 g/mol. The summed E-state index contributed by atoms with van der Waals surface area (Å²) >= 11 is 0. The number of aliphatic hydroxyl groups excluding tert-OH is 2. The van der Waals surface area contributed by atoms with Gasteiger partial charge in [-0.3, -0.25) is 0 Å². The molecule has 1 aliphatic heterocycles. The zero-order valence-corrected chi connectivity index (χ0v) is 8.04. The van der Waals surface area contributed by atoms with E-state index in [-0.39, 0.29) is 6.42 Å². The molecule has 4 atom stereocenters. The van der Waals surface area contributed by atoms with E-state index in [1.165, 1.54) is 14.2 Å². The fraction of sp³-hybridized carbons (Fsp3) is 0.875. The summed E-state index contributed by atoms with van der Waals surface area (Å²) in [4.78, 5) is 11.1. The first-order valence-corrected chi connectivity index (χ1v) is 4.22. The van der Waals surface area contributed by atoms with Gasteiger partial charge < -0.3 is 24.4 Å². The van der Waals surface area contributed by atoms with E-state index in [9.17, 15) is 15.0 Å². The first kappa shape index (κ1) is 11.4. The molecule has 0 aromatic heterocycles. The summed E-state index contributed by atoms with van der Waals surface area (Å²) in [5.41, 5.74) is 0. The second-order valence-electron chi connectivity index (χ2n) is 3.05. The van der Waals surface area contributed by atoms with Gasteiger partial charge in [0.15, 0.2) is 12.4 Å².